The van der Waals surface area contributed by atoms with Crippen LogP contribution in [0.5, 0.6) is 11.5 Å². The van der Waals surface area contributed by atoms with Gasteiger partial charge in [0.25, 0.3) is 0 Å². The Labute approximate surface area is 245 Å². The molecule has 216 valence electrons. The molecule has 0 spiro atoms. The Balaban J connectivity index is 1.21. The number of aromatic nitrogens is 1. The third-order valence-electron chi connectivity index (χ3n) is 9.28. The van der Waals surface area contributed by atoms with Gasteiger partial charge in [-0.15, -0.1) is 0 Å². The van der Waals surface area contributed by atoms with E-state index in [1.54, 1.807) is 14.2 Å². The normalized spacial score (nSPS) is 21.4. The van der Waals surface area contributed by atoms with Crippen LogP contribution in [0.1, 0.15) is 41.3 Å². The summed E-state index contributed by atoms with van der Waals surface area (Å²) in [6.07, 6.45) is 2.22. The number of carbonyl (C=O) groups is 2. The number of para-hydroxylation sites is 1. The van der Waals surface area contributed by atoms with Gasteiger partial charge in [-0.3, -0.25) is 14.5 Å². The van der Waals surface area contributed by atoms with Crippen LogP contribution in [0, 0.1) is 0 Å². The number of amides is 2. The third kappa shape index (κ3) is 4.50. The van der Waals surface area contributed by atoms with Crippen LogP contribution in [-0.4, -0.2) is 77.4 Å². The standard InChI is InChI=1S/C34H36N4O4/c1-41-24-12-13-26(30(18-24)42-2)33-32-27(25-10-6-7-11-28(25)35-32)19-29-34(40)37(21-31(39)38(29)33)23-14-16-36(17-15-23)20-22-8-4-3-5-9-22/h3-13,18,23,29,33,35H,14-17,19-21H2,1-2H3/t29-,33+/m1/s1. The van der Waals surface area contributed by atoms with Crippen molar-refractivity contribution in [1.82, 2.24) is 19.7 Å². The summed E-state index contributed by atoms with van der Waals surface area (Å²) in [4.78, 5) is 38.2. The van der Waals surface area contributed by atoms with Crippen molar-refractivity contribution in [1.29, 1.82) is 0 Å². The number of hydrogen-bond donors (Lipinski definition) is 1. The molecule has 0 bridgehead atoms. The molecule has 7 rings (SSSR count). The average Bonchev–Trinajstić information content (AvgIpc) is 3.41. The smallest absolute Gasteiger partial charge is 0.246 e. The van der Waals surface area contributed by atoms with E-state index >= 15 is 0 Å². The predicted molar refractivity (Wildman–Crippen MR) is 160 cm³/mol. The number of likely N-dealkylation sites (tertiary alicyclic amines) is 1. The van der Waals surface area contributed by atoms with Crippen molar-refractivity contribution in [3.8, 4) is 11.5 Å². The number of carbonyl (C=O) groups excluding carboxylic acids is 2. The minimum Gasteiger partial charge on any atom is -0.497 e. The summed E-state index contributed by atoms with van der Waals surface area (Å²) in [5.74, 6) is 1.31. The van der Waals surface area contributed by atoms with Crippen molar-refractivity contribution >= 4 is 22.7 Å². The van der Waals surface area contributed by atoms with Gasteiger partial charge in [-0.25, -0.2) is 0 Å². The molecule has 0 unspecified atom stereocenters. The third-order valence-corrected chi connectivity index (χ3v) is 9.28. The van der Waals surface area contributed by atoms with Crippen molar-refractivity contribution < 1.29 is 19.1 Å². The number of piperidine rings is 1. The summed E-state index contributed by atoms with van der Waals surface area (Å²) in [6.45, 7) is 2.82. The minimum atomic E-state index is -0.572. The van der Waals surface area contributed by atoms with Crippen molar-refractivity contribution in [2.75, 3.05) is 33.9 Å². The number of H-pyrrole nitrogens is 1. The molecular formula is C34H36N4O4. The first kappa shape index (κ1) is 26.6. The molecule has 0 radical (unpaired) electrons. The van der Waals surface area contributed by atoms with E-state index in [0.29, 0.717) is 17.9 Å². The highest BCUT2D eigenvalue weighted by atomic mass is 16.5. The zero-order valence-corrected chi connectivity index (χ0v) is 24.1. The topological polar surface area (TPSA) is 78.1 Å². The molecule has 3 aliphatic rings. The van der Waals surface area contributed by atoms with E-state index in [2.05, 4.69) is 40.2 Å². The first-order chi connectivity index (χ1) is 20.6. The lowest BCUT2D eigenvalue weighted by atomic mass is 9.85. The second-order valence-electron chi connectivity index (χ2n) is 11.6. The first-order valence-corrected chi connectivity index (χ1v) is 14.7. The second kappa shape index (κ2) is 10.8. The Morgan fingerprint density at radius 1 is 0.905 bits per heavy atom. The lowest BCUT2D eigenvalue weighted by Crippen LogP contribution is -2.65. The summed E-state index contributed by atoms with van der Waals surface area (Å²) >= 11 is 0. The van der Waals surface area contributed by atoms with Crippen LogP contribution in [0.2, 0.25) is 0 Å². The molecule has 1 aromatic heterocycles. The fraction of sp³-hybridized carbons (Fsp3) is 0.353. The van der Waals surface area contributed by atoms with E-state index in [9.17, 15) is 9.59 Å². The van der Waals surface area contributed by atoms with E-state index in [1.165, 1.54) is 5.56 Å². The molecule has 2 amide bonds. The van der Waals surface area contributed by atoms with E-state index < -0.39 is 12.1 Å². The molecule has 3 aromatic carbocycles. The van der Waals surface area contributed by atoms with Gasteiger partial charge in [0.15, 0.2) is 0 Å². The Kier molecular flexibility index (Phi) is 6.86. The SMILES string of the molecule is COc1ccc([C@H]2c3[nH]c4ccccc4c3C[C@@H]3C(=O)N(C4CCN(Cc5ccccc5)CC4)CC(=O)N23)c(OC)c1. The van der Waals surface area contributed by atoms with Gasteiger partial charge in [0.2, 0.25) is 11.8 Å². The van der Waals surface area contributed by atoms with Gasteiger partial charge in [0.05, 0.1) is 14.2 Å². The molecule has 42 heavy (non-hydrogen) atoms. The quantitative estimate of drug-likeness (QED) is 0.372. The van der Waals surface area contributed by atoms with Gasteiger partial charge in [-0.2, -0.15) is 0 Å². The highest BCUT2D eigenvalue weighted by Gasteiger charge is 2.50. The number of ether oxygens (including phenoxy) is 2. The molecule has 4 aromatic rings. The molecule has 0 saturated carbocycles. The van der Waals surface area contributed by atoms with Crippen LogP contribution < -0.4 is 9.47 Å². The van der Waals surface area contributed by atoms with Gasteiger partial charge >= 0.3 is 0 Å². The second-order valence-corrected chi connectivity index (χ2v) is 11.6. The first-order valence-electron chi connectivity index (χ1n) is 14.7. The molecule has 8 heteroatoms. The summed E-state index contributed by atoms with van der Waals surface area (Å²) in [5.41, 5.74) is 5.17. The van der Waals surface area contributed by atoms with E-state index in [-0.39, 0.29) is 24.4 Å². The molecule has 2 atom stereocenters. The van der Waals surface area contributed by atoms with Crippen LogP contribution in [0.15, 0.2) is 72.8 Å². The number of fused-ring (bicyclic) bond motifs is 4. The highest BCUT2D eigenvalue weighted by Crippen LogP contribution is 2.46. The van der Waals surface area contributed by atoms with E-state index in [4.69, 9.17) is 9.47 Å². The molecule has 3 aliphatic heterocycles. The number of piperazine rings is 1. The summed E-state index contributed by atoms with van der Waals surface area (Å²) < 4.78 is 11.3. The van der Waals surface area contributed by atoms with Gasteiger partial charge in [-0.1, -0.05) is 48.5 Å². The number of aromatic amines is 1. The zero-order chi connectivity index (χ0) is 28.8. The molecule has 4 heterocycles. The molecule has 2 saturated heterocycles. The van der Waals surface area contributed by atoms with Crippen LogP contribution in [-0.2, 0) is 22.6 Å². The maximum atomic E-state index is 14.3. The van der Waals surface area contributed by atoms with Gasteiger partial charge in [-0.05, 0) is 42.2 Å². The number of methoxy groups -OCH3 is 2. The molecule has 2 fully saturated rings. The Bertz CT molecular complexity index is 1630. The molecular weight excluding hydrogens is 528 g/mol. The van der Waals surface area contributed by atoms with E-state index in [0.717, 1.165) is 60.2 Å². The summed E-state index contributed by atoms with van der Waals surface area (Å²) in [7, 11) is 3.24. The van der Waals surface area contributed by atoms with Gasteiger partial charge in [0.1, 0.15) is 30.1 Å². The highest BCUT2D eigenvalue weighted by molar-refractivity contribution is 5.98. The molecule has 8 nitrogen and oxygen atoms in total. The van der Waals surface area contributed by atoms with Crippen molar-refractivity contribution in [2.24, 2.45) is 0 Å². The summed E-state index contributed by atoms with van der Waals surface area (Å²) in [6, 6.07) is 23.4. The van der Waals surface area contributed by atoms with Gasteiger partial charge < -0.3 is 24.3 Å². The number of benzene rings is 3. The molecule has 1 N–H and O–H groups in total. The monoisotopic (exact) mass is 564 g/mol. The van der Waals surface area contributed by atoms with Crippen molar-refractivity contribution in [3.05, 3.63) is 95.2 Å². The largest absolute Gasteiger partial charge is 0.497 e. The summed E-state index contributed by atoms with van der Waals surface area (Å²) in [5, 5.41) is 1.09. The number of nitrogens with one attached hydrogen (secondary N) is 1. The fourth-order valence-corrected chi connectivity index (χ4v) is 7.20. The fourth-order valence-electron chi connectivity index (χ4n) is 7.20. The van der Waals surface area contributed by atoms with Gasteiger partial charge in [0, 0.05) is 60.3 Å². The number of rotatable bonds is 6. The van der Waals surface area contributed by atoms with Crippen molar-refractivity contribution in [2.45, 2.75) is 43.9 Å². The van der Waals surface area contributed by atoms with Crippen LogP contribution in [0.4, 0.5) is 0 Å². The van der Waals surface area contributed by atoms with Crippen LogP contribution in [0.25, 0.3) is 10.9 Å². The Morgan fingerprint density at radius 3 is 2.43 bits per heavy atom. The maximum absolute atomic E-state index is 14.3. The Hall–Kier alpha value is -4.30. The average molecular weight is 565 g/mol. The minimum absolute atomic E-state index is 0.0292. The number of hydrogen-bond acceptors (Lipinski definition) is 5. The maximum Gasteiger partial charge on any atom is 0.246 e. The lowest BCUT2D eigenvalue weighted by Gasteiger charge is -2.49. The number of nitrogens with zero attached hydrogens (tertiary/aromatic N) is 3. The zero-order valence-electron chi connectivity index (χ0n) is 24.1. The van der Waals surface area contributed by atoms with E-state index in [1.807, 2.05) is 52.3 Å². The predicted octanol–water partition coefficient (Wildman–Crippen LogP) is 4.53. The Morgan fingerprint density at radius 2 is 1.67 bits per heavy atom. The molecule has 0 aliphatic carbocycles. The van der Waals surface area contributed by atoms with Crippen LogP contribution in [0.3, 0.4) is 0 Å². The van der Waals surface area contributed by atoms with Crippen molar-refractivity contribution in [3.63, 3.8) is 0 Å². The lowest BCUT2D eigenvalue weighted by molar-refractivity contribution is -0.161. The van der Waals surface area contributed by atoms with Crippen LogP contribution >= 0.6 is 0 Å².